The summed E-state index contributed by atoms with van der Waals surface area (Å²) < 4.78 is 5.34. The standard InChI is InChI=1S/C18H18N2O4/c21-16-8-9-17(22)19(16)11-10-18(23)20(13-15-7-4-12-24-15)14-5-2-1-3-6-14/h1-7,12H,8-11,13H2. The molecule has 24 heavy (non-hydrogen) atoms. The predicted octanol–water partition coefficient (Wildman–Crippen LogP) is 2.35. The van der Waals surface area contributed by atoms with Gasteiger partial charge in [0.1, 0.15) is 5.76 Å². The fourth-order valence-electron chi connectivity index (χ4n) is 2.70. The van der Waals surface area contributed by atoms with Gasteiger partial charge in [-0.2, -0.15) is 0 Å². The highest BCUT2D eigenvalue weighted by molar-refractivity contribution is 6.02. The molecule has 0 saturated carbocycles. The van der Waals surface area contributed by atoms with E-state index >= 15 is 0 Å². The molecule has 0 atom stereocenters. The van der Waals surface area contributed by atoms with Crippen LogP contribution in [0.1, 0.15) is 25.0 Å². The van der Waals surface area contributed by atoms with Crippen molar-refractivity contribution >= 4 is 23.4 Å². The third kappa shape index (κ3) is 3.53. The van der Waals surface area contributed by atoms with Crippen molar-refractivity contribution in [2.75, 3.05) is 11.4 Å². The smallest absolute Gasteiger partial charge is 0.229 e. The molecule has 1 aromatic carbocycles. The highest BCUT2D eigenvalue weighted by Gasteiger charge is 2.29. The summed E-state index contributed by atoms with van der Waals surface area (Å²) in [6.07, 6.45) is 2.13. The number of benzene rings is 1. The van der Waals surface area contributed by atoms with Crippen molar-refractivity contribution in [2.45, 2.75) is 25.8 Å². The summed E-state index contributed by atoms with van der Waals surface area (Å²) in [6.45, 7) is 0.426. The highest BCUT2D eigenvalue weighted by Crippen LogP contribution is 2.19. The van der Waals surface area contributed by atoms with Gasteiger partial charge in [0.25, 0.3) is 0 Å². The Kier molecular flexibility index (Phi) is 4.74. The van der Waals surface area contributed by atoms with Crippen molar-refractivity contribution < 1.29 is 18.8 Å². The van der Waals surface area contributed by atoms with Crippen LogP contribution in [-0.2, 0) is 20.9 Å². The van der Waals surface area contributed by atoms with Gasteiger partial charge in [-0.1, -0.05) is 18.2 Å². The van der Waals surface area contributed by atoms with Crippen LogP contribution in [0.5, 0.6) is 0 Å². The molecule has 0 spiro atoms. The van der Waals surface area contributed by atoms with E-state index in [-0.39, 0.29) is 43.5 Å². The number of carbonyl (C=O) groups excluding carboxylic acids is 3. The van der Waals surface area contributed by atoms with Gasteiger partial charge < -0.3 is 9.32 Å². The molecular formula is C18H18N2O4. The normalized spacial score (nSPS) is 14.2. The number of hydrogen-bond donors (Lipinski definition) is 0. The van der Waals surface area contributed by atoms with Crippen molar-refractivity contribution in [3.05, 3.63) is 54.5 Å². The number of para-hydroxylation sites is 1. The summed E-state index contributed by atoms with van der Waals surface area (Å²) in [5.41, 5.74) is 0.748. The number of carbonyl (C=O) groups is 3. The Morgan fingerprint density at radius 2 is 1.75 bits per heavy atom. The largest absolute Gasteiger partial charge is 0.467 e. The first kappa shape index (κ1) is 16.0. The van der Waals surface area contributed by atoms with Crippen LogP contribution in [-0.4, -0.2) is 29.2 Å². The Hall–Kier alpha value is -2.89. The molecule has 2 aromatic rings. The maximum absolute atomic E-state index is 12.7. The van der Waals surface area contributed by atoms with Crippen molar-refractivity contribution in [2.24, 2.45) is 0 Å². The third-order valence-corrected chi connectivity index (χ3v) is 3.97. The molecule has 1 aliphatic heterocycles. The van der Waals surface area contributed by atoms with Crippen LogP contribution in [0.4, 0.5) is 5.69 Å². The van der Waals surface area contributed by atoms with Gasteiger partial charge in [0.15, 0.2) is 0 Å². The topological polar surface area (TPSA) is 70.8 Å². The second kappa shape index (κ2) is 7.12. The number of rotatable bonds is 6. The van der Waals surface area contributed by atoms with Gasteiger partial charge in [-0.25, -0.2) is 0 Å². The lowest BCUT2D eigenvalue weighted by atomic mass is 10.2. The zero-order chi connectivity index (χ0) is 16.9. The summed E-state index contributed by atoms with van der Waals surface area (Å²) in [6, 6.07) is 12.8. The first-order valence-corrected chi connectivity index (χ1v) is 7.86. The van der Waals surface area contributed by atoms with E-state index in [1.54, 1.807) is 23.3 Å². The zero-order valence-electron chi connectivity index (χ0n) is 13.2. The summed E-state index contributed by atoms with van der Waals surface area (Å²) in [5.74, 6) is 0.0980. The molecule has 124 valence electrons. The van der Waals surface area contributed by atoms with Crippen LogP contribution in [0.15, 0.2) is 53.1 Å². The van der Waals surface area contributed by atoms with Gasteiger partial charge in [0, 0.05) is 31.5 Å². The molecule has 0 unspecified atom stereocenters. The molecule has 1 saturated heterocycles. The Morgan fingerprint density at radius 1 is 1.04 bits per heavy atom. The second-order valence-corrected chi connectivity index (χ2v) is 5.58. The maximum atomic E-state index is 12.7. The van der Waals surface area contributed by atoms with Crippen molar-refractivity contribution in [3.8, 4) is 0 Å². The van der Waals surface area contributed by atoms with Crippen LogP contribution in [0.25, 0.3) is 0 Å². The molecule has 1 aliphatic rings. The number of furan rings is 1. The number of likely N-dealkylation sites (tertiary alicyclic amines) is 1. The fourth-order valence-corrected chi connectivity index (χ4v) is 2.70. The van der Waals surface area contributed by atoms with Crippen molar-refractivity contribution in [3.63, 3.8) is 0 Å². The van der Waals surface area contributed by atoms with E-state index in [4.69, 9.17) is 4.42 Å². The molecule has 3 rings (SSSR count). The molecule has 1 fully saturated rings. The average molecular weight is 326 g/mol. The molecule has 0 bridgehead atoms. The lowest BCUT2D eigenvalue weighted by molar-refractivity contribution is -0.138. The lowest BCUT2D eigenvalue weighted by Gasteiger charge is -2.23. The summed E-state index contributed by atoms with van der Waals surface area (Å²) in [5, 5.41) is 0. The molecule has 6 nitrogen and oxygen atoms in total. The number of nitrogens with zero attached hydrogens (tertiary/aromatic N) is 2. The van der Waals surface area contributed by atoms with Gasteiger partial charge in [-0.15, -0.1) is 0 Å². The Bertz CT molecular complexity index is 709. The Labute approximate surface area is 139 Å². The molecule has 3 amide bonds. The quantitative estimate of drug-likeness (QED) is 0.764. The first-order valence-electron chi connectivity index (χ1n) is 7.86. The van der Waals surface area contributed by atoms with Gasteiger partial charge in [-0.3, -0.25) is 19.3 Å². The van der Waals surface area contributed by atoms with E-state index in [1.807, 2.05) is 30.3 Å². The summed E-state index contributed by atoms with van der Waals surface area (Å²) in [4.78, 5) is 38.8. The van der Waals surface area contributed by atoms with Gasteiger partial charge in [0.05, 0.1) is 12.8 Å². The van der Waals surface area contributed by atoms with Crippen LogP contribution < -0.4 is 4.90 Å². The summed E-state index contributed by atoms with van der Waals surface area (Å²) >= 11 is 0. The predicted molar refractivity (Wildman–Crippen MR) is 86.9 cm³/mol. The average Bonchev–Trinajstić information content (AvgIpc) is 3.22. The maximum Gasteiger partial charge on any atom is 0.229 e. The van der Waals surface area contributed by atoms with Crippen LogP contribution in [0.2, 0.25) is 0 Å². The number of anilines is 1. The van der Waals surface area contributed by atoms with Crippen LogP contribution in [0.3, 0.4) is 0 Å². The Morgan fingerprint density at radius 3 is 2.38 bits per heavy atom. The molecule has 0 aliphatic carbocycles. The van der Waals surface area contributed by atoms with Gasteiger partial charge in [-0.05, 0) is 24.3 Å². The number of hydrogen-bond acceptors (Lipinski definition) is 4. The van der Waals surface area contributed by atoms with Crippen molar-refractivity contribution in [1.82, 2.24) is 4.90 Å². The molecule has 0 radical (unpaired) electrons. The molecule has 6 heteroatoms. The minimum Gasteiger partial charge on any atom is -0.467 e. The van der Waals surface area contributed by atoms with E-state index < -0.39 is 0 Å². The molecular weight excluding hydrogens is 308 g/mol. The monoisotopic (exact) mass is 326 g/mol. The van der Waals surface area contributed by atoms with Crippen LogP contribution in [0, 0.1) is 0 Å². The minimum atomic E-state index is -0.204. The SMILES string of the molecule is O=C1CCC(=O)N1CCC(=O)N(Cc1ccco1)c1ccccc1. The molecule has 1 aromatic heterocycles. The fraction of sp³-hybridized carbons (Fsp3) is 0.278. The van der Waals surface area contributed by atoms with E-state index in [1.165, 1.54) is 4.90 Å². The first-order chi connectivity index (χ1) is 11.6. The van der Waals surface area contributed by atoms with Gasteiger partial charge >= 0.3 is 0 Å². The van der Waals surface area contributed by atoms with E-state index in [9.17, 15) is 14.4 Å². The van der Waals surface area contributed by atoms with E-state index in [2.05, 4.69) is 0 Å². The zero-order valence-corrected chi connectivity index (χ0v) is 13.2. The summed E-state index contributed by atoms with van der Waals surface area (Å²) in [7, 11) is 0. The number of imide groups is 1. The molecule has 2 heterocycles. The van der Waals surface area contributed by atoms with Crippen molar-refractivity contribution in [1.29, 1.82) is 0 Å². The third-order valence-electron chi connectivity index (χ3n) is 3.97. The van der Waals surface area contributed by atoms with Gasteiger partial charge in [0.2, 0.25) is 17.7 Å². The Balaban J connectivity index is 1.71. The second-order valence-electron chi connectivity index (χ2n) is 5.58. The molecule has 0 N–H and O–H groups in total. The van der Waals surface area contributed by atoms with Crippen LogP contribution >= 0.6 is 0 Å². The number of amides is 3. The van der Waals surface area contributed by atoms with E-state index in [0.29, 0.717) is 12.3 Å². The lowest BCUT2D eigenvalue weighted by Crippen LogP contribution is -2.36. The minimum absolute atomic E-state index is 0.0904. The highest BCUT2D eigenvalue weighted by atomic mass is 16.3. The van der Waals surface area contributed by atoms with E-state index in [0.717, 1.165) is 5.69 Å².